The van der Waals surface area contributed by atoms with E-state index in [2.05, 4.69) is 4.98 Å². The number of hydrogen-bond donors (Lipinski definition) is 1. The molecule has 0 radical (unpaired) electrons. The van der Waals surface area contributed by atoms with Crippen LogP contribution < -0.4 is 4.74 Å². The van der Waals surface area contributed by atoms with Crippen molar-refractivity contribution in [1.29, 1.82) is 0 Å². The summed E-state index contributed by atoms with van der Waals surface area (Å²) >= 11 is 0. The smallest absolute Gasteiger partial charge is 0.309 e. The molecule has 0 saturated heterocycles. The Kier molecular flexibility index (Phi) is 3.85. The summed E-state index contributed by atoms with van der Waals surface area (Å²) in [4.78, 5) is 15.1. The number of benzene rings is 1. The fourth-order valence-electron chi connectivity index (χ4n) is 2.03. The van der Waals surface area contributed by atoms with Gasteiger partial charge in [0.25, 0.3) is 0 Å². The molecule has 1 heterocycles. The molecule has 0 spiro atoms. The van der Waals surface area contributed by atoms with Gasteiger partial charge in [-0.25, -0.2) is 4.98 Å². The number of aliphatic carboxylic acids is 1. The van der Waals surface area contributed by atoms with Gasteiger partial charge in [-0.15, -0.1) is 0 Å². The quantitative estimate of drug-likeness (QED) is 0.891. The van der Waals surface area contributed by atoms with E-state index in [0.717, 1.165) is 22.7 Å². The molecule has 0 bridgehead atoms. The number of ether oxygens (including phenoxy) is 1. The van der Waals surface area contributed by atoms with Gasteiger partial charge in [-0.1, -0.05) is 18.2 Å². The Hall–Kier alpha value is -2.30. The highest BCUT2D eigenvalue weighted by molar-refractivity contribution is 5.69. The van der Waals surface area contributed by atoms with Crippen LogP contribution in [0.1, 0.15) is 17.0 Å². The van der Waals surface area contributed by atoms with Gasteiger partial charge in [0.1, 0.15) is 5.75 Å². The Bertz CT molecular complexity index is 590. The molecule has 0 amide bonds. The zero-order chi connectivity index (χ0) is 13.8. The maximum absolute atomic E-state index is 10.9. The van der Waals surface area contributed by atoms with Crippen molar-refractivity contribution in [3.05, 3.63) is 47.5 Å². The Labute approximate surface area is 111 Å². The maximum Gasteiger partial charge on any atom is 0.309 e. The van der Waals surface area contributed by atoms with Crippen molar-refractivity contribution in [2.24, 2.45) is 0 Å². The van der Waals surface area contributed by atoms with Crippen molar-refractivity contribution >= 4 is 5.97 Å². The second-order valence-corrected chi connectivity index (χ2v) is 4.29. The topological polar surface area (TPSA) is 64.4 Å². The fraction of sp³-hybridized carbons (Fsp3) is 0.286. The molecule has 2 rings (SSSR count). The monoisotopic (exact) mass is 260 g/mol. The number of aromatic nitrogens is 2. The average molecular weight is 260 g/mol. The van der Waals surface area contributed by atoms with Crippen LogP contribution in [0.4, 0.5) is 0 Å². The van der Waals surface area contributed by atoms with E-state index in [9.17, 15) is 4.79 Å². The highest BCUT2D eigenvalue weighted by Crippen LogP contribution is 2.20. The normalized spacial score (nSPS) is 10.4. The number of hydrogen-bond acceptors (Lipinski definition) is 3. The molecule has 2 aromatic rings. The maximum atomic E-state index is 10.9. The molecule has 0 fully saturated rings. The minimum absolute atomic E-state index is 0.0268. The highest BCUT2D eigenvalue weighted by atomic mass is 16.5. The molecule has 0 aliphatic carbocycles. The van der Waals surface area contributed by atoms with Crippen molar-refractivity contribution in [3.63, 3.8) is 0 Å². The van der Waals surface area contributed by atoms with Gasteiger partial charge >= 0.3 is 5.97 Å². The number of para-hydroxylation sites is 1. The van der Waals surface area contributed by atoms with E-state index < -0.39 is 5.97 Å². The summed E-state index contributed by atoms with van der Waals surface area (Å²) in [6, 6.07) is 7.67. The molecule has 0 aliphatic heterocycles. The molecule has 0 atom stereocenters. The van der Waals surface area contributed by atoms with Gasteiger partial charge in [0.15, 0.2) is 0 Å². The van der Waals surface area contributed by atoms with Crippen LogP contribution in [0.15, 0.2) is 30.6 Å². The van der Waals surface area contributed by atoms with Crippen molar-refractivity contribution in [2.75, 3.05) is 7.11 Å². The number of nitrogens with zero attached hydrogens (tertiary/aromatic N) is 2. The number of carboxylic acid groups (broad SMARTS) is 1. The zero-order valence-electron chi connectivity index (χ0n) is 11.0. The number of rotatable bonds is 5. The van der Waals surface area contributed by atoms with Gasteiger partial charge in [0, 0.05) is 5.56 Å². The van der Waals surface area contributed by atoms with E-state index >= 15 is 0 Å². The predicted octanol–water partition coefficient (Wildman–Crippen LogP) is 1.88. The first-order valence-corrected chi connectivity index (χ1v) is 5.96. The summed E-state index contributed by atoms with van der Waals surface area (Å²) in [6.45, 7) is 2.37. The van der Waals surface area contributed by atoms with Crippen LogP contribution in [0.3, 0.4) is 0 Å². The van der Waals surface area contributed by atoms with E-state index in [1.54, 1.807) is 13.4 Å². The highest BCUT2D eigenvalue weighted by Gasteiger charge is 2.12. The Morgan fingerprint density at radius 2 is 2.16 bits per heavy atom. The summed E-state index contributed by atoms with van der Waals surface area (Å²) in [5.41, 5.74) is 2.46. The van der Waals surface area contributed by atoms with Crippen molar-refractivity contribution < 1.29 is 14.6 Å². The van der Waals surface area contributed by atoms with Crippen molar-refractivity contribution in [2.45, 2.75) is 19.9 Å². The molecular formula is C14H16N2O3. The van der Waals surface area contributed by atoms with Gasteiger partial charge in [-0.2, -0.15) is 0 Å². The van der Waals surface area contributed by atoms with Gasteiger partial charge in [0.05, 0.1) is 37.8 Å². The number of aryl methyl sites for hydroxylation is 1. The molecule has 1 N–H and O–H groups in total. The molecule has 1 aromatic heterocycles. The van der Waals surface area contributed by atoms with Gasteiger partial charge in [-0.05, 0) is 13.0 Å². The van der Waals surface area contributed by atoms with Crippen LogP contribution in [0.5, 0.6) is 5.75 Å². The SMILES string of the molecule is COc1ccccc1Cn1cnc(C)c1CC(=O)O. The molecule has 5 nitrogen and oxygen atoms in total. The van der Waals surface area contributed by atoms with Gasteiger partial charge in [0.2, 0.25) is 0 Å². The van der Waals surface area contributed by atoms with E-state index in [1.807, 2.05) is 35.8 Å². The average Bonchev–Trinajstić information content (AvgIpc) is 2.71. The molecule has 0 unspecified atom stereocenters. The first kappa shape index (κ1) is 13.1. The first-order chi connectivity index (χ1) is 9.11. The Morgan fingerprint density at radius 1 is 1.42 bits per heavy atom. The molecule has 0 saturated carbocycles. The Morgan fingerprint density at radius 3 is 2.84 bits per heavy atom. The fourth-order valence-corrected chi connectivity index (χ4v) is 2.03. The number of methoxy groups -OCH3 is 1. The third-order valence-corrected chi connectivity index (χ3v) is 3.01. The summed E-state index contributed by atoms with van der Waals surface area (Å²) in [5, 5.41) is 8.94. The molecule has 100 valence electrons. The number of carboxylic acids is 1. The standard InChI is InChI=1S/C14H16N2O3/c1-10-12(7-14(17)18)16(9-15-10)8-11-5-3-4-6-13(11)19-2/h3-6,9H,7-8H2,1-2H3,(H,17,18). The van der Waals surface area contributed by atoms with E-state index in [4.69, 9.17) is 9.84 Å². The predicted molar refractivity (Wildman–Crippen MR) is 70.4 cm³/mol. The summed E-state index contributed by atoms with van der Waals surface area (Å²) in [6.07, 6.45) is 1.64. The number of carbonyl (C=O) groups is 1. The molecule has 1 aromatic carbocycles. The molecule has 19 heavy (non-hydrogen) atoms. The minimum Gasteiger partial charge on any atom is -0.496 e. The minimum atomic E-state index is -0.857. The van der Waals surface area contributed by atoms with Crippen molar-refractivity contribution in [3.8, 4) is 5.75 Å². The lowest BCUT2D eigenvalue weighted by atomic mass is 10.2. The van der Waals surface area contributed by atoms with Crippen molar-refractivity contribution in [1.82, 2.24) is 9.55 Å². The van der Waals surface area contributed by atoms with Crippen LogP contribution in [0.2, 0.25) is 0 Å². The lowest BCUT2D eigenvalue weighted by Gasteiger charge is -2.11. The lowest BCUT2D eigenvalue weighted by molar-refractivity contribution is -0.136. The second kappa shape index (κ2) is 5.56. The van der Waals surface area contributed by atoms with Crippen LogP contribution in [-0.4, -0.2) is 27.7 Å². The molecular weight excluding hydrogens is 244 g/mol. The largest absolute Gasteiger partial charge is 0.496 e. The van der Waals surface area contributed by atoms with E-state index in [0.29, 0.717) is 6.54 Å². The summed E-state index contributed by atoms with van der Waals surface area (Å²) in [5.74, 6) is -0.0694. The van der Waals surface area contributed by atoms with E-state index in [-0.39, 0.29) is 6.42 Å². The van der Waals surface area contributed by atoms with Crippen LogP contribution in [-0.2, 0) is 17.8 Å². The Balaban J connectivity index is 2.30. The second-order valence-electron chi connectivity index (χ2n) is 4.29. The summed E-state index contributed by atoms with van der Waals surface area (Å²) in [7, 11) is 1.62. The molecule has 5 heteroatoms. The van der Waals surface area contributed by atoms with Gasteiger partial charge < -0.3 is 14.4 Å². The van der Waals surface area contributed by atoms with E-state index in [1.165, 1.54) is 0 Å². The van der Waals surface area contributed by atoms with Crippen LogP contribution in [0.25, 0.3) is 0 Å². The molecule has 0 aliphatic rings. The first-order valence-electron chi connectivity index (χ1n) is 5.96. The third kappa shape index (κ3) is 2.93. The van der Waals surface area contributed by atoms with Crippen LogP contribution in [0, 0.1) is 6.92 Å². The number of imidazole rings is 1. The third-order valence-electron chi connectivity index (χ3n) is 3.01. The lowest BCUT2D eigenvalue weighted by Crippen LogP contribution is -2.10. The van der Waals surface area contributed by atoms with Gasteiger partial charge in [-0.3, -0.25) is 4.79 Å². The zero-order valence-corrected chi connectivity index (χ0v) is 11.0. The van der Waals surface area contributed by atoms with Crippen LogP contribution >= 0.6 is 0 Å². The summed E-state index contributed by atoms with van der Waals surface area (Å²) < 4.78 is 7.14.